The fourth-order valence-corrected chi connectivity index (χ4v) is 3.34. The second-order valence-corrected chi connectivity index (χ2v) is 5.25. The molecule has 1 saturated heterocycles. The summed E-state index contributed by atoms with van der Waals surface area (Å²) >= 11 is 0. The third-order valence-electron chi connectivity index (χ3n) is 4.27. The Labute approximate surface area is 114 Å². The monoisotopic (exact) mass is 262 g/mol. The molecule has 0 saturated carbocycles. The van der Waals surface area contributed by atoms with Gasteiger partial charge in [-0.3, -0.25) is 4.90 Å². The zero-order valence-electron chi connectivity index (χ0n) is 11.7. The molecule has 1 N–H and O–H groups in total. The normalized spacial score (nSPS) is 23.2. The Hall–Kier alpha value is -1.26. The topological polar surface area (TPSA) is 33.7 Å². The average Bonchev–Trinajstić information content (AvgIpc) is 2.99. The number of rotatable bonds is 3. The van der Waals surface area contributed by atoms with Crippen LogP contribution in [0.2, 0.25) is 0 Å². The summed E-state index contributed by atoms with van der Waals surface area (Å²) in [7, 11) is 3.49. The van der Waals surface area contributed by atoms with Crippen molar-refractivity contribution in [1.82, 2.24) is 10.2 Å². The first-order chi connectivity index (χ1) is 9.35. The van der Waals surface area contributed by atoms with Crippen LogP contribution in [0.25, 0.3) is 0 Å². The molecule has 19 heavy (non-hydrogen) atoms. The number of nitrogens with zero attached hydrogens (tertiary/aromatic N) is 1. The molecule has 1 fully saturated rings. The van der Waals surface area contributed by atoms with Crippen molar-refractivity contribution in [2.24, 2.45) is 0 Å². The smallest absolute Gasteiger partial charge is 0.124 e. The SMILES string of the molecule is COc1ccc(OC)c2c1CNC[C@H]2N1CCCC1. The second kappa shape index (κ2) is 5.39. The van der Waals surface area contributed by atoms with Gasteiger partial charge in [-0.25, -0.2) is 0 Å². The minimum absolute atomic E-state index is 0.413. The number of likely N-dealkylation sites (tertiary alicyclic amines) is 1. The van der Waals surface area contributed by atoms with Crippen LogP contribution in [0.4, 0.5) is 0 Å². The molecule has 2 heterocycles. The van der Waals surface area contributed by atoms with Crippen molar-refractivity contribution < 1.29 is 9.47 Å². The Bertz CT molecular complexity index is 456. The average molecular weight is 262 g/mol. The molecular formula is C15H22N2O2. The molecule has 1 atom stereocenters. The number of hydrogen-bond acceptors (Lipinski definition) is 4. The van der Waals surface area contributed by atoms with Crippen LogP contribution >= 0.6 is 0 Å². The van der Waals surface area contributed by atoms with Crippen LogP contribution in [0.15, 0.2) is 12.1 Å². The van der Waals surface area contributed by atoms with Gasteiger partial charge >= 0.3 is 0 Å². The Kier molecular flexibility index (Phi) is 3.62. The molecule has 0 aromatic heterocycles. The molecule has 0 unspecified atom stereocenters. The first-order valence-corrected chi connectivity index (χ1v) is 7.03. The largest absolute Gasteiger partial charge is 0.496 e. The summed E-state index contributed by atoms with van der Waals surface area (Å²) in [5, 5.41) is 3.52. The van der Waals surface area contributed by atoms with Crippen molar-refractivity contribution in [3.05, 3.63) is 23.3 Å². The number of nitrogens with one attached hydrogen (secondary N) is 1. The van der Waals surface area contributed by atoms with Gasteiger partial charge in [-0.05, 0) is 38.1 Å². The summed E-state index contributed by atoms with van der Waals surface area (Å²) in [4.78, 5) is 2.56. The van der Waals surface area contributed by atoms with E-state index in [-0.39, 0.29) is 0 Å². The van der Waals surface area contributed by atoms with Crippen LogP contribution in [-0.4, -0.2) is 38.8 Å². The van der Waals surface area contributed by atoms with E-state index in [1.165, 1.54) is 37.1 Å². The van der Waals surface area contributed by atoms with E-state index in [2.05, 4.69) is 10.2 Å². The molecule has 104 valence electrons. The maximum atomic E-state index is 5.59. The van der Waals surface area contributed by atoms with Crippen molar-refractivity contribution in [1.29, 1.82) is 0 Å². The Morgan fingerprint density at radius 3 is 2.47 bits per heavy atom. The second-order valence-electron chi connectivity index (χ2n) is 5.25. The third kappa shape index (κ3) is 2.19. The molecular weight excluding hydrogens is 240 g/mol. The lowest BCUT2D eigenvalue weighted by Crippen LogP contribution is -2.38. The highest BCUT2D eigenvalue weighted by molar-refractivity contribution is 5.51. The molecule has 0 amide bonds. The molecule has 2 aliphatic heterocycles. The summed E-state index contributed by atoms with van der Waals surface area (Å²) < 4.78 is 11.1. The highest BCUT2D eigenvalue weighted by Crippen LogP contribution is 2.40. The van der Waals surface area contributed by atoms with E-state index in [9.17, 15) is 0 Å². The van der Waals surface area contributed by atoms with Gasteiger partial charge in [0.2, 0.25) is 0 Å². The van der Waals surface area contributed by atoms with Crippen molar-refractivity contribution in [2.45, 2.75) is 25.4 Å². The Morgan fingerprint density at radius 2 is 1.79 bits per heavy atom. The minimum Gasteiger partial charge on any atom is -0.496 e. The van der Waals surface area contributed by atoms with Crippen LogP contribution in [-0.2, 0) is 6.54 Å². The lowest BCUT2D eigenvalue weighted by molar-refractivity contribution is 0.221. The number of methoxy groups -OCH3 is 2. The first-order valence-electron chi connectivity index (χ1n) is 7.03. The van der Waals surface area contributed by atoms with E-state index in [0.29, 0.717) is 6.04 Å². The predicted octanol–water partition coefficient (Wildman–Crippen LogP) is 1.94. The lowest BCUT2D eigenvalue weighted by Gasteiger charge is -2.35. The van der Waals surface area contributed by atoms with Gasteiger partial charge in [0.05, 0.1) is 20.3 Å². The zero-order valence-corrected chi connectivity index (χ0v) is 11.7. The number of fused-ring (bicyclic) bond motifs is 1. The van der Waals surface area contributed by atoms with E-state index in [4.69, 9.17) is 9.47 Å². The fraction of sp³-hybridized carbons (Fsp3) is 0.600. The standard InChI is InChI=1S/C15H22N2O2/c1-18-13-5-6-14(19-2)15-11(13)9-16-10-12(15)17-7-3-4-8-17/h5-6,12,16H,3-4,7-10H2,1-2H3/t12-/m1/s1. The maximum absolute atomic E-state index is 5.59. The highest BCUT2D eigenvalue weighted by atomic mass is 16.5. The molecule has 0 spiro atoms. The van der Waals surface area contributed by atoms with E-state index >= 15 is 0 Å². The van der Waals surface area contributed by atoms with E-state index in [1.807, 2.05) is 12.1 Å². The van der Waals surface area contributed by atoms with Gasteiger partial charge in [0.15, 0.2) is 0 Å². The summed E-state index contributed by atoms with van der Waals surface area (Å²) in [6.45, 7) is 4.23. The predicted molar refractivity (Wildman–Crippen MR) is 74.8 cm³/mol. The van der Waals surface area contributed by atoms with Crippen LogP contribution < -0.4 is 14.8 Å². The van der Waals surface area contributed by atoms with E-state index in [1.54, 1.807) is 14.2 Å². The zero-order chi connectivity index (χ0) is 13.2. The van der Waals surface area contributed by atoms with Gasteiger partial charge < -0.3 is 14.8 Å². The molecule has 1 aromatic carbocycles. The molecule has 0 bridgehead atoms. The fourth-order valence-electron chi connectivity index (χ4n) is 3.34. The van der Waals surface area contributed by atoms with Crippen molar-refractivity contribution >= 4 is 0 Å². The van der Waals surface area contributed by atoms with E-state index < -0.39 is 0 Å². The van der Waals surface area contributed by atoms with Crippen molar-refractivity contribution in [3.63, 3.8) is 0 Å². The summed E-state index contributed by atoms with van der Waals surface area (Å²) in [5.74, 6) is 1.96. The van der Waals surface area contributed by atoms with E-state index in [0.717, 1.165) is 24.6 Å². The van der Waals surface area contributed by atoms with Crippen molar-refractivity contribution in [3.8, 4) is 11.5 Å². The van der Waals surface area contributed by atoms with Crippen LogP contribution in [0.1, 0.15) is 30.0 Å². The van der Waals surface area contributed by atoms with Gasteiger partial charge in [0.25, 0.3) is 0 Å². The Balaban J connectivity index is 2.05. The van der Waals surface area contributed by atoms with Crippen LogP contribution in [0.5, 0.6) is 11.5 Å². The van der Waals surface area contributed by atoms with Crippen molar-refractivity contribution in [2.75, 3.05) is 33.9 Å². The number of hydrogen-bond donors (Lipinski definition) is 1. The summed E-state index contributed by atoms with van der Waals surface area (Å²) in [6, 6.07) is 4.45. The minimum atomic E-state index is 0.413. The van der Waals surface area contributed by atoms with Crippen LogP contribution in [0.3, 0.4) is 0 Å². The highest BCUT2D eigenvalue weighted by Gasteiger charge is 2.31. The van der Waals surface area contributed by atoms with Gasteiger partial charge in [0.1, 0.15) is 11.5 Å². The number of ether oxygens (including phenoxy) is 2. The van der Waals surface area contributed by atoms with Crippen LogP contribution in [0, 0.1) is 0 Å². The van der Waals surface area contributed by atoms with Gasteiger partial charge in [-0.2, -0.15) is 0 Å². The quantitative estimate of drug-likeness (QED) is 0.902. The maximum Gasteiger partial charge on any atom is 0.124 e. The number of benzene rings is 1. The molecule has 0 aliphatic carbocycles. The Morgan fingerprint density at radius 1 is 1.11 bits per heavy atom. The molecule has 2 aliphatic rings. The molecule has 0 radical (unpaired) electrons. The van der Waals surface area contributed by atoms with Gasteiger partial charge in [-0.15, -0.1) is 0 Å². The molecule has 1 aromatic rings. The first kappa shape index (κ1) is 12.8. The van der Waals surface area contributed by atoms with Gasteiger partial charge in [0, 0.05) is 24.2 Å². The summed E-state index contributed by atoms with van der Waals surface area (Å²) in [5.41, 5.74) is 2.58. The van der Waals surface area contributed by atoms with Gasteiger partial charge in [-0.1, -0.05) is 0 Å². The lowest BCUT2D eigenvalue weighted by atomic mass is 9.93. The molecule has 4 nitrogen and oxygen atoms in total. The third-order valence-corrected chi connectivity index (χ3v) is 4.27. The molecule has 3 rings (SSSR count). The molecule has 4 heteroatoms. The summed E-state index contributed by atoms with van der Waals surface area (Å²) in [6.07, 6.45) is 2.61.